The Kier molecular flexibility index (Phi) is 8.47. The minimum absolute atomic E-state index is 0.454. The summed E-state index contributed by atoms with van der Waals surface area (Å²) < 4.78 is 0. The fraction of sp³-hybridized carbons (Fsp3) is 0.625. The smallest absolute Gasteiger partial charge is 0.0225 e. The van der Waals surface area contributed by atoms with Crippen LogP contribution in [0, 0.1) is 0 Å². The summed E-state index contributed by atoms with van der Waals surface area (Å²) in [5.41, 5.74) is 8.09. The molecule has 2 N–H and O–H groups in total. The molecule has 1 aromatic carbocycles. The van der Waals surface area contributed by atoms with Crippen molar-refractivity contribution >= 4 is 0 Å². The molecule has 0 saturated heterocycles. The van der Waals surface area contributed by atoms with Crippen molar-refractivity contribution in [1.82, 2.24) is 15.8 Å². The van der Waals surface area contributed by atoms with Crippen LogP contribution in [0.4, 0.5) is 0 Å². The summed E-state index contributed by atoms with van der Waals surface area (Å²) in [7, 11) is 0. The molecule has 19 heavy (non-hydrogen) atoms. The molecule has 1 aromatic rings. The van der Waals surface area contributed by atoms with E-state index in [4.69, 9.17) is 0 Å². The monoisotopic (exact) mass is 263 g/mol. The lowest BCUT2D eigenvalue weighted by atomic mass is 10.1. The van der Waals surface area contributed by atoms with Gasteiger partial charge in [-0.2, -0.15) is 0 Å². The van der Waals surface area contributed by atoms with Gasteiger partial charge < -0.3 is 4.90 Å². The lowest BCUT2D eigenvalue weighted by Gasteiger charge is -2.19. The zero-order valence-electron chi connectivity index (χ0n) is 12.7. The third-order valence-electron chi connectivity index (χ3n) is 3.40. The summed E-state index contributed by atoms with van der Waals surface area (Å²) in [5.74, 6) is 0. The van der Waals surface area contributed by atoms with Gasteiger partial charge in [0.1, 0.15) is 0 Å². The number of hydrogen-bond acceptors (Lipinski definition) is 3. The first-order valence-corrected chi connectivity index (χ1v) is 7.50. The Hall–Kier alpha value is -0.900. The SMILES string of the molecule is CCN(CC)CCCNNC(C)Cc1ccccc1. The molecule has 108 valence electrons. The molecule has 0 spiro atoms. The molecule has 0 fully saturated rings. The largest absolute Gasteiger partial charge is 0.304 e. The Morgan fingerprint density at radius 2 is 1.79 bits per heavy atom. The van der Waals surface area contributed by atoms with Gasteiger partial charge >= 0.3 is 0 Å². The van der Waals surface area contributed by atoms with Crippen LogP contribution in [-0.2, 0) is 6.42 Å². The molecule has 0 radical (unpaired) electrons. The molecule has 0 aromatic heterocycles. The van der Waals surface area contributed by atoms with Crippen LogP contribution in [0.15, 0.2) is 30.3 Å². The van der Waals surface area contributed by atoms with Crippen LogP contribution in [0.3, 0.4) is 0 Å². The lowest BCUT2D eigenvalue weighted by Crippen LogP contribution is -2.41. The summed E-state index contributed by atoms with van der Waals surface area (Å²) in [6, 6.07) is 11.1. The van der Waals surface area contributed by atoms with E-state index in [9.17, 15) is 0 Å². The van der Waals surface area contributed by atoms with E-state index in [1.807, 2.05) is 0 Å². The molecule has 1 atom stereocenters. The highest BCUT2D eigenvalue weighted by atomic mass is 15.4. The average molecular weight is 263 g/mol. The van der Waals surface area contributed by atoms with Crippen LogP contribution in [0.25, 0.3) is 0 Å². The van der Waals surface area contributed by atoms with E-state index >= 15 is 0 Å². The minimum Gasteiger partial charge on any atom is -0.304 e. The van der Waals surface area contributed by atoms with Crippen molar-refractivity contribution in [2.24, 2.45) is 0 Å². The van der Waals surface area contributed by atoms with Crippen LogP contribution >= 0.6 is 0 Å². The van der Waals surface area contributed by atoms with Crippen molar-refractivity contribution in [3.63, 3.8) is 0 Å². The van der Waals surface area contributed by atoms with Crippen LogP contribution in [0.1, 0.15) is 32.8 Å². The third kappa shape index (κ3) is 7.31. The zero-order valence-corrected chi connectivity index (χ0v) is 12.7. The van der Waals surface area contributed by atoms with Crippen LogP contribution in [-0.4, -0.2) is 37.1 Å². The number of benzene rings is 1. The van der Waals surface area contributed by atoms with E-state index in [1.165, 1.54) is 18.5 Å². The van der Waals surface area contributed by atoms with Gasteiger partial charge in [-0.3, -0.25) is 10.9 Å². The molecule has 0 amide bonds. The Balaban J connectivity index is 2.06. The highest BCUT2D eigenvalue weighted by Crippen LogP contribution is 2.01. The van der Waals surface area contributed by atoms with E-state index in [2.05, 4.69) is 66.9 Å². The van der Waals surface area contributed by atoms with Crippen molar-refractivity contribution < 1.29 is 0 Å². The van der Waals surface area contributed by atoms with E-state index in [1.54, 1.807) is 0 Å². The first kappa shape index (κ1) is 16.2. The second-order valence-electron chi connectivity index (χ2n) is 5.04. The van der Waals surface area contributed by atoms with Gasteiger partial charge in [0, 0.05) is 12.6 Å². The molecule has 3 nitrogen and oxygen atoms in total. The summed E-state index contributed by atoms with van der Waals surface area (Å²) >= 11 is 0. The Morgan fingerprint density at radius 3 is 2.42 bits per heavy atom. The lowest BCUT2D eigenvalue weighted by molar-refractivity contribution is 0.293. The second kappa shape index (κ2) is 9.96. The van der Waals surface area contributed by atoms with Crippen molar-refractivity contribution in [2.75, 3.05) is 26.2 Å². The maximum Gasteiger partial charge on any atom is 0.0225 e. The van der Waals surface area contributed by atoms with Crippen molar-refractivity contribution in [1.29, 1.82) is 0 Å². The van der Waals surface area contributed by atoms with Gasteiger partial charge in [0.25, 0.3) is 0 Å². The number of rotatable bonds is 10. The Bertz CT molecular complexity index is 309. The van der Waals surface area contributed by atoms with Crippen molar-refractivity contribution in [2.45, 2.75) is 39.7 Å². The number of hydrazine groups is 1. The summed E-state index contributed by atoms with van der Waals surface area (Å²) in [5, 5.41) is 0. The summed E-state index contributed by atoms with van der Waals surface area (Å²) in [4.78, 5) is 2.45. The van der Waals surface area contributed by atoms with E-state index in [-0.39, 0.29) is 0 Å². The third-order valence-corrected chi connectivity index (χ3v) is 3.40. The zero-order chi connectivity index (χ0) is 13.9. The van der Waals surface area contributed by atoms with Crippen LogP contribution in [0.2, 0.25) is 0 Å². The molecule has 3 heteroatoms. The fourth-order valence-corrected chi connectivity index (χ4v) is 2.20. The minimum atomic E-state index is 0.454. The second-order valence-corrected chi connectivity index (χ2v) is 5.04. The molecule has 0 aliphatic carbocycles. The molecule has 0 saturated carbocycles. The maximum atomic E-state index is 3.37. The van der Waals surface area contributed by atoms with E-state index in [0.717, 1.165) is 26.1 Å². The van der Waals surface area contributed by atoms with Crippen molar-refractivity contribution in [3.8, 4) is 0 Å². The van der Waals surface area contributed by atoms with Gasteiger partial charge in [-0.15, -0.1) is 0 Å². The first-order valence-electron chi connectivity index (χ1n) is 7.50. The highest BCUT2D eigenvalue weighted by molar-refractivity contribution is 5.15. The van der Waals surface area contributed by atoms with Crippen molar-refractivity contribution in [3.05, 3.63) is 35.9 Å². The molecule has 0 aliphatic rings. The predicted molar refractivity (Wildman–Crippen MR) is 83.2 cm³/mol. The summed E-state index contributed by atoms with van der Waals surface area (Å²) in [6.07, 6.45) is 2.25. The van der Waals surface area contributed by atoms with Crippen LogP contribution in [0.5, 0.6) is 0 Å². The number of hydrogen-bond donors (Lipinski definition) is 2. The summed E-state index contributed by atoms with van der Waals surface area (Å²) in [6.45, 7) is 11.1. The van der Waals surface area contributed by atoms with E-state index < -0.39 is 0 Å². The van der Waals surface area contributed by atoms with Gasteiger partial charge in [0.05, 0.1) is 0 Å². The molecule has 1 rings (SSSR count). The normalized spacial score (nSPS) is 12.8. The van der Waals surface area contributed by atoms with Gasteiger partial charge in [-0.05, 0) is 45.0 Å². The molecule has 0 bridgehead atoms. The Labute approximate surface area is 118 Å². The standard InChI is InChI=1S/C16H29N3/c1-4-19(5-2)13-9-12-17-18-15(3)14-16-10-7-6-8-11-16/h6-8,10-11,15,17-18H,4-5,9,12-14H2,1-3H3. The van der Waals surface area contributed by atoms with Crippen LogP contribution < -0.4 is 10.9 Å². The highest BCUT2D eigenvalue weighted by Gasteiger charge is 2.02. The molecule has 0 heterocycles. The number of nitrogens with zero attached hydrogens (tertiary/aromatic N) is 1. The van der Waals surface area contributed by atoms with Gasteiger partial charge in [-0.1, -0.05) is 44.2 Å². The molecular formula is C16H29N3. The first-order chi connectivity index (χ1) is 9.26. The molecule has 1 unspecified atom stereocenters. The molecule has 0 aliphatic heterocycles. The maximum absolute atomic E-state index is 3.37. The van der Waals surface area contributed by atoms with Gasteiger partial charge in [0.2, 0.25) is 0 Å². The van der Waals surface area contributed by atoms with Gasteiger partial charge in [0.15, 0.2) is 0 Å². The molecular weight excluding hydrogens is 234 g/mol. The number of nitrogens with one attached hydrogen (secondary N) is 2. The fourth-order valence-electron chi connectivity index (χ4n) is 2.20. The average Bonchev–Trinajstić information content (AvgIpc) is 2.44. The Morgan fingerprint density at radius 1 is 1.11 bits per heavy atom. The topological polar surface area (TPSA) is 27.3 Å². The predicted octanol–water partition coefficient (Wildman–Crippen LogP) is 2.44. The van der Waals surface area contributed by atoms with E-state index in [0.29, 0.717) is 6.04 Å². The quantitative estimate of drug-likeness (QED) is 0.501. The van der Waals surface area contributed by atoms with Gasteiger partial charge in [-0.25, -0.2) is 0 Å².